The molecule has 0 radical (unpaired) electrons. The average Bonchev–Trinajstić information content (AvgIpc) is 2.84. The molecular weight excluding hydrogens is 232 g/mol. The number of carbonyl (C=O) groups is 1. The smallest absolute Gasteiger partial charge is 0.380 e. The summed E-state index contributed by atoms with van der Waals surface area (Å²) < 4.78 is 32.3. The summed E-state index contributed by atoms with van der Waals surface area (Å²) in [6.07, 6.45) is 1.21. The number of nitrogens with zero attached hydrogens (tertiary/aromatic N) is 1. The van der Waals surface area contributed by atoms with Crippen LogP contribution in [-0.2, 0) is 9.53 Å². The normalized spacial score (nSPS) is 33.8. The topological polar surface area (TPSA) is 49.8 Å². The fourth-order valence-corrected chi connectivity index (χ4v) is 2.88. The van der Waals surface area contributed by atoms with Gasteiger partial charge in [0, 0.05) is 12.6 Å². The fourth-order valence-electron chi connectivity index (χ4n) is 2.88. The summed E-state index contributed by atoms with van der Waals surface area (Å²) in [5.74, 6) is -5.44. The first-order valence-electron chi connectivity index (χ1n) is 5.95. The summed E-state index contributed by atoms with van der Waals surface area (Å²) >= 11 is 0. The number of rotatable bonds is 3. The predicted molar refractivity (Wildman–Crippen MR) is 55.7 cm³/mol. The van der Waals surface area contributed by atoms with Crippen molar-refractivity contribution in [1.29, 1.82) is 0 Å². The van der Waals surface area contributed by atoms with E-state index in [1.165, 1.54) is 6.92 Å². The third-order valence-electron chi connectivity index (χ3n) is 3.77. The van der Waals surface area contributed by atoms with Crippen LogP contribution in [0, 0.1) is 0 Å². The molecule has 0 aromatic rings. The van der Waals surface area contributed by atoms with E-state index in [-0.39, 0.29) is 13.0 Å². The van der Waals surface area contributed by atoms with Gasteiger partial charge < -0.3 is 9.84 Å². The molecule has 2 aliphatic rings. The second kappa shape index (κ2) is 4.17. The minimum Gasteiger partial charge on any atom is -0.461 e. The van der Waals surface area contributed by atoms with Crippen molar-refractivity contribution in [2.45, 2.75) is 43.8 Å². The minimum absolute atomic E-state index is 0.0799. The largest absolute Gasteiger partial charge is 0.461 e. The molecule has 0 saturated carbocycles. The van der Waals surface area contributed by atoms with E-state index >= 15 is 0 Å². The van der Waals surface area contributed by atoms with E-state index in [1.54, 1.807) is 0 Å². The van der Waals surface area contributed by atoms with Crippen LogP contribution in [-0.4, -0.2) is 53.2 Å². The Morgan fingerprint density at radius 1 is 1.59 bits per heavy atom. The SMILES string of the molecule is CCOC(=O)C(F)(F)C1(O)CCN2CCCC21. The second-order valence-corrected chi connectivity index (χ2v) is 4.66. The number of fused-ring (bicyclic) bond motifs is 1. The van der Waals surface area contributed by atoms with Crippen LogP contribution < -0.4 is 0 Å². The summed E-state index contributed by atoms with van der Waals surface area (Å²) in [4.78, 5) is 13.1. The number of esters is 1. The first-order valence-corrected chi connectivity index (χ1v) is 5.95. The van der Waals surface area contributed by atoms with Gasteiger partial charge in [0.1, 0.15) is 0 Å². The first kappa shape index (κ1) is 12.7. The number of alkyl halides is 2. The van der Waals surface area contributed by atoms with Crippen molar-refractivity contribution in [2.24, 2.45) is 0 Å². The van der Waals surface area contributed by atoms with Crippen molar-refractivity contribution in [3.8, 4) is 0 Å². The van der Waals surface area contributed by atoms with Gasteiger partial charge in [0.2, 0.25) is 0 Å². The van der Waals surface area contributed by atoms with E-state index in [0.29, 0.717) is 19.5 Å². The zero-order chi connectivity index (χ0) is 12.7. The van der Waals surface area contributed by atoms with Gasteiger partial charge in [-0.25, -0.2) is 4.79 Å². The lowest BCUT2D eigenvalue weighted by Crippen LogP contribution is -2.59. The van der Waals surface area contributed by atoms with Gasteiger partial charge in [-0.15, -0.1) is 0 Å². The monoisotopic (exact) mass is 249 g/mol. The molecule has 0 bridgehead atoms. The number of hydrogen-bond acceptors (Lipinski definition) is 4. The molecule has 2 atom stereocenters. The van der Waals surface area contributed by atoms with Crippen LogP contribution >= 0.6 is 0 Å². The molecule has 2 aliphatic heterocycles. The molecule has 0 aromatic heterocycles. The highest BCUT2D eigenvalue weighted by atomic mass is 19.3. The van der Waals surface area contributed by atoms with Crippen molar-refractivity contribution in [1.82, 2.24) is 4.90 Å². The lowest BCUT2D eigenvalue weighted by atomic mass is 9.86. The van der Waals surface area contributed by atoms with Gasteiger partial charge in [-0.1, -0.05) is 0 Å². The highest BCUT2D eigenvalue weighted by Crippen LogP contribution is 2.45. The van der Waals surface area contributed by atoms with E-state index in [0.717, 1.165) is 6.42 Å². The summed E-state index contributed by atoms with van der Waals surface area (Å²) in [5, 5.41) is 10.2. The van der Waals surface area contributed by atoms with Crippen LogP contribution in [0.15, 0.2) is 0 Å². The Hall–Kier alpha value is -0.750. The molecule has 0 spiro atoms. The third kappa shape index (κ3) is 1.74. The predicted octanol–water partition coefficient (Wildman–Crippen LogP) is 0.784. The average molecular weight is 249 g/mol. The van der Waals surface area contributed by atoms with Gasteiger partial charge in [0.15, 0.2) is 5.60 Å². The Balaban J connectivity index is 2.22. The fraction of sp³-hybridized carbons (Fsp3) is 0.909. The zero-order valence-corrected chi connectivity index (χ0v) is 9.79. The van der Waals surface area contributed by atoms with Gasteiger partial charge in [0.05, 0.1) is 6.61 Å². The molecule has 4 nitrogen and oxygen atoms in total. The van der Waals surface area contributed by atoms with Crippen LogP contribution in [0.4, 0.5) is 8.78 Å². The molecule has 2 heterocycles. The molecular formula is C11H17F2NO3. The molecule has 2 unspecified atom stereocenters. The first-order chi connectivity index (χ1) is 7.93. The molecule has 0 aromatic carbocycles. The minimum atomic E-state index is -3.83. The van der Waals surface area contributed by atoms with Crippen molar-refractivity contribution in [2.75, 3.05) is 19.7 Å². The Morgan fingerprint density at radius 2 is 2.29 bits per heavy atom. The maximum Gasteiger partial charge on any atom is 0.380 e. The number of aliphatic hydroxyl groups is 1. The van der Waals surface area contributed by atoms with Crippen molar-refractivity contribution in [3.05, 3.63) is 0 Å². The lowest BCUT2D eigenvalue weighted by Gasteiger charge is -2.35. The maximum absolute atomic E-state index is 14.0. The standard InChI is InChI=1S/C11H17F2NO3/c1-2-17-9(15)11(12,13)10(16)5-7-14-6-3-4-8(10)14/h8,16H,2-7H2,1H3. The van der Waals surface area contributed by atoms with Crippen LogP contribution in [0.5, 0.6) is 0 Å². The molecule has 0 amide bonds. The van der Waals surface area contributed by atoms with E-state index in [9.17, 15) is 18.7 Å². The van der Waals surface area contributed by atoms with E-state index in [1.807, 2.05) is 4.90 Å². The van der Waals surface area contributed by atoms with Gasteiger partial charge in [-0.3, -0.25) is 4.90 Å². The highest BCUT2D eigenvalue weighted by molar-refractivity contribution is 5.79. The molecule has 2 fully saturated rings. The third-order valence-corrected chi connectivity index (χ3v) is 3.77. The van der Waals surface area contributed by atoms with Crippen LogP contribution in [0.2, 0.25) is 0 Å². The van der Waals surface area contributed by atoms with Crippen LogP contribution in [0.3, 0.4) is 0 Å². The summed E-state index contributed by atoms with van der Waals surface area (Å²) in [6.45, 7) is 2.48. The number of halogens is 2. The van der Waals surface area contributed by atoms with Gasteiger partial charge >= 0.3 is 11.9 Å². The summed E-state index contributed by atoms with van der Waals surface area (Å²) in [6, 6.07) is -0.623. The Labute approximate surface area is 98.5 Å². The molecule has 6 heteroatoms. The number of hydrogen-bond donors (Lipinski definition) is 1. The second-order valence-electron chi connectivity index (χ2n) is 4.66. The summed E-state index contributed by atoms with van der Waals surface area (Å²) in [5.41, 5.74) is -2.27. The lowest BCUT2D eigenvalue weighted by molar-refractivity contribution is -0.217. The highest BCUT2D eigenvalue weighted by Gasteiger charge is 2.67. The van der Waals surface area contributed by atoms with E-state index in [2.05, 4.69) is 4.74 Å². The quantitative estimate of drug-likeness (QED) is 0.751. The molecule has 0 aliphatic carbocycles. The van der Waals surface area contributed by atoms with Gasteiger partial charge in [-0.2, -0.15) is 8.78 Å². The maximum atomic E-state index is 14.0. The zero-order valence-electron chi connectivity index (χ0n) is 9.79. The van der Waals surface area contributed by atoms with Crippen LogP contribution in [0.1, 0.15) is 26.2 Å². The van der Waals surface area contributed by atoms with E-state index in [4.69, 9.17) is 0 Å². The molecule has 17 heavy (non-hydrogen) atoms. The number of ether oxygens (including phenoxy) is 1. The molecule has 2 saturated heterocycles. The summed E-state index contributed by atoms with van der Waals surface area (Å²) in [7, 11) is 0. The Bertz CT molecular complexity index is 324. The molecule has 98 valence electrons. The van der Waals surface area contributed by atoms with Gasteiger partial charge in [0.25, 0.3) is 0 Å². The van der Waals surface area contributed by atoms with Crippen molar-refractivity contribution >= 4 is 5.97 Å². The Morgan fingerprint density at radius 3 is 2.94 bits per heavy atom. The van der Waals surface area contributed by atoms with Crippen molar-refractivity contribution in [3.63, 3.8) is 0 Å². The molecule has 1 N–H and O–H groups in total. The Kier molecular flexibility index (Phi) is 3.12. The van der Waals surface area contributed by atoms with E-state index < -0.39 is 23.5 Å². The number of carbonyl (C=O) groups excluding carboxylic acids is 1. The van der Waals surface area contributed by atoms with Crippen molar-refractivity contribution < 1.29 is 23.4 Å². The van der Waals surface area contributed by atoms with Gasteiger partial charge in [-0.05, 0) is 32.7 Å². The molecule has 2 rings (SSSR count). The van der Waals surface area contributed by atoms with Crippen LogP contribution in [0.25, 0.3) is 0 Å².